The van der Waals surface area contributed by atoms with Gasteiger partial charge in [0.25, 0.3) is 0 Å². The summed E-state index contributed by atoms with van der Waals surface area (Å²) >= 11 is 1.54. The second-order valence-corrected chi connectivity index (χ2v) is 5.00. The van der Waals surface area contributed by atoms with Crippen molar-refractivity contribution in [3.8, 4) is 6.07 Å². The first-order valence-electron chi connectivity index (χ1n) is 5.52. The normalized spacial score (nSPS) is 18.7. The molecule has 1 heterocycles. The van der Waals surface area contributed by atoms with Gasteiger partial charge in [-0.1, -0.05) is 19.3 Å². The van der Waals surface area contributed by atoms with Crippen molar-refractivity contribution in [3.63, 3.8) is 0 Å². The van der Waals surface area contributed by atoms with Crippen LogP contribution in [0.2, 0.25) is 0 Å². The molecule has 16 heavy (non-hydrogen) atoms. The van der Waals surface area contributed by atoms with E-state index < -0.39 is 5.41 Å². The molecule has 0 saturated heterocycles. The molecular formula is C12H14N2OS. The summed E-state index contributed by atoms with van der Waals surface area (Å²) < 4.78 is 0. The number of hydrogen-bond acceptors (Lipinski definition) is 3. The summed E-state index contributed by atoms with van der Waals surface area (Å²) in [5.41, 5.74) is 0.00963. The molecule has 0 spiro atoms. The van der Waals surface area contributed by atoms with E-state index in [2.05, 4.69) is 11.4 Å². The van der Waals surface area contributed by atoms with Crippen LogP contribution in [0, 0.1) is 16.7 Å². The molecule has 1 aliphatic carbocycles. The number of thiophene rings is 1. The second kappa shape index (κ2) is 4.67. The Morgan fingerprint density at radius 2 is 2.19 bits per heavy atom. The zero-order chi connectivity index (χ0) is 11.4. The highest BCUT2D eigenvalue weighted by Gasteiger charge is 2.39. The van der Waals surface area contributed by atoms with E-state index in [1.807, 2.05) is 16.8 Å². The van der Waals surface area contributed by atoms with Crippen LogP contribution in [0.15, 0.2) is 16.8 Å². The van der Waals surface area contributed by atoms with Crippen molar-refractivity contribution in [2.24, 2.45) is 5.41 Å². The molecule has 1 fully saturated rings. The van der Waals surface area contributed by atoms with Crippen LogP contribution in [0.3, 0.4) is 0 Å². The third kappa shape index (κ3) is 2.10. The van der Waals surface area contributed by atoms with Crippen LogP contribution in [0.1, 0.15) is 32.1 Å². The summed E-state index contributed by atoms with van der Waals surface area (Å²) in [5, 5.41) is 15.9. The van der Waals surface area contributed by atoms with Gasteiger partial charge in [-0.05, 0) is 24.3 Å². The first kappa shape index (κ1) is 11.2. The maximum Gasteiger partial charge on any atom is 0.244 e. The number of anilines is 1. The Balaban J connectivity index is 2.10. The van der Waals surface area contributed by atoms with Crippen LogP contribution in [-0.4, -0.2) is 5.91 Å². The lowest BCUT2D eigenvalue weighted by atomic mass is 9.74. The van der Waals surface area contributed by atoms with Crippen LogP contribution >= 0.6 is 11.3 Å². The molecule has 0 bridgehead atoms. The minimum Gasteiger partial charge on any atom is -0.324 e. The van der Waals surface area contributed by atoms with Crippen LogP contribution < -0.4 is 5.32 Å². The van der Waals surface area contributed by atoms with Gasteiger partial charge in [0, 0.05) is 5.38 Å². The van der Waals surface area contributed by atoms with Crippen molar-refractivity contribution < 1.29 is 4.79 Å². The Kier molecular flexibility index (Phi) is 3.25. The number of nitrogens with one attached hydrogen (secondary N) is 1. The lowest BCUT2D eigenvalue weighted by Crippen LogP contribution is -2.36. The van der Waals surface area contributed by atoms with Gasteiger partial charge in [-0.2, -0.15) is 16.6 Å². The third-order valence-electron chi connectivity index (χ3n) is 3.13. The fraction of sp³-hybridized carbons (Fsp3) is 0.500. The SMILES string of the molecule is N#CC1(C(=O)Nc2ccsc2)CCCCC1. The first-order valence-corrected chi connectivity index (χ1v) is 6.46. The minimum absolute atomic E-state index is 0.131. The predicted molar refractivity (Wildman–Crippen MR) is 64.1 cm³/mol. The van der Waals surface area contributed by atoms with Gasteiger partial charge < -0.3 is 5.32 Å². The maximum atomic E-state index is 12.1. The second-order valence-electron chi connectivity index (χ2n) is 4.22. The topological polar surface area (TPSA) is 52.9 Å². The zero-order valence-electron chi connectivity index (χ0n) is 9.03. The summed E-state index contributed by atoms with van der Waals surface area (Å²) in [7, 11) is 0. The average molecular weight is 234 g/mol. The summed E-state index contributed by atoms with van der Waals surface area (Å²) in [6.45, 7) is 0. The van der Waals surface area contributed by atoms with Gasteiger partial charge in [0.05, 0.1) is 11.8 Å². The highest BCUT2D eigenvalue weighted by molar-refractivity contribution is 7.08. The molecule has 0 aromatic carbocycles. The van der Waals surface area contributed by atoms with Gasteiger partial charge in [-0.25, -0.2) is 0 Å². The number of amides is 1. The molecule has 2 rings (SSSR count). The number of rotatable bonds is 2. The van der Waals surface area contributed by atoms with Crippen molar-refractivity contribution in [1.29, 1.82) is 5.26 Å². The molecule has 4 heteroatoms. The molecule has 1 saturated carbocycles. The lowest BCUT2D eigenvalue weighted by Gasteiger charge is -2.28. The van der Waals surface area contributed by atoms with Gasteiger partial charge in [0.2, 0.25) is 5.91 Å². The Morgan fingerprint density at radius 3 is 2.75 bits per heavy atom. The Morgan fingerprint density at radius 1 is 1.44 bits per heavy atom. The molecule has 0 radical (unpaired) electrons. The van der Waals surface area contributed by atoms with Gasteiger partial charge in [0.1, 0.15) is 5.41 Å². The maximum absolute atomic E-state index is 12.1. The molecular weight excluding hydrogens is 220 g/mol. The van der Waals surface area contributed by atoms with E-state index in [0.29, 0.717) is 12.8 Å². The number of nitrogens with zero attached hydrogens (tertiary/aromatic N) is 1. The van der Waals surface area contributed by atoms with Gasteiger partial charge in [-0.3, -0.25) is 4.79 Å². The van der Waals surface area contributed by atoms with Crippen LogP contribution in [0.25, 0.3) is 0 Å². The standard InChI is InChI=1S/C12H14N2OS/c13-9-12(5-2-1-3-6-12)11(15)14-10-4-7-16-8-10/h4,7-8H,1-3,5-6H2,(H,14,15). The van der Waals surface area contributed by atoms with E-state index in [1.165, 1.54) is 11.3 Å². The Hall–Kier alpha value is -1.34. The summed E-state index contributed by atoms with van der Waals surface area (Å²) in [6.07, 6.45) is 4.48. The van der Waals surface area contributed by atoms with Gasteiger partial charge in [0.15, 0.2) is 0 Å². The molecule has 0 unspecified atom stereocenters. The van der Waals surface area contributed by atoms with Gasteiger partial charge in [-0.15, -0.1) is 0 Å². The smallest absolute Gasteiger partial charge is 0.244 e. The minimum atomic E-state index is -0.791. The molecule has 1 amide bonds. The average Bonchev–Trinajstić information content (AvgIpc) is 2.82. The number of carbonyl (C=O) groups is 1. The number of nitriles is 1. The Labute approximate surface area is 99.1 Å². The molecule has 1 aliphatic rings. The zero-order valence-corrected chi connectivity index (χ0v) is 9.85. The molecule has 1 N–H and O–H groups in total. The molecule has 3 nitrogen and oxygen atoms in total. The molecule has 1 aromatic heterocycles. The fourth-order valence-electron chi connectivity index (χ4n) is 2.13. The summed E-state index contributed by atoms with van der Waals surface area (Å²) in [5.74, 6) is -0.131. The van der Waals surface area contributed by atoms with E-state index in [0.717, 1.165) is 24.9 Å². The van der Waals surface area contributed by atoms with E-state index >= 15 is 0 Å². The quantitative estimate of drug-likeness (QED) is 0.854. The van der Waals surface area contributed by atoms with Crippen LogP contribution in [0.5, 0.6) is 0 Å². The third-order valence-corrected chi connectivity index (χ3v) is 3.82. The van der Waals surface area contributed by atoms with E-state index in [9.17, 15) is 10.1 Å². The van der Waals surface area contributed by atoms with E-state index in [-0.39, 0.29) is 5.91 Å². The highest BCUT2D eigenvalue weighted by atomic mass is 32.1. The van der Waals surface area contributed by atoms with Crippen molar-refractivity contribution in [1.82, 2.24) is 0 Å². The summed E-state index contributed by atoms with van der Waals surface area (Å²) in [4.78, 5) is 12.1. The van der Waals surface area contributed by atoms with Gasteiger partial charge >= 0.3 is 0 Å². The monoisotopic (exact) mass is 234 g/mol. The van der Waals surface area contributed by atoms with Crippen molar-refractivity contribution in [2.75, 3.05) is 5.32 Å². The highest BCUT2D eigenvalue weighted by Crippen LogP contribution is 2.36. The van der Waals surface area contributed by atoms with Crippen molar-refractivity contribution in [3.05, 3.63) is 16.8 Å². The van der Waals surface area contributed by atoms with Crippen LogP contribution in [-0.2, 0) is 4.79 Å². The first-order chi connectivity index (χ1) is 7.77. The van der Waals surface area contributed by atoms with Crippen LogP contribution in [0.4, 0.5) is 5.69 Å². The largest absolute Gasteiger partial charge is 0.324 e. The summed E-state index contributed by atoms with van der Waals surface area (Å²) in [6, 6.07) is 4.08. The van der Waals surface area contributed by atoms with Crippen molar-refractivity contribution in [2.45, 2.75) is 32.1 Å². The molecule has 0 aliphatic heterocycles. The Bertz CT molecular complexity index is 399. The number of carbonyl (C=O) groups excluding carboxylic acids is 1. The predicted octanol–water partition coefficient (Wildman–Crippen LogP) is 3.16. The molecule has 1 aromatic rings. The van der Waals surface area contributed by atoms with E-state index in [1.54, 1.807) is 0 Å². The molecule has 84 valence electrons. The number of hydrogen-bond donors (Lipinski definition) is 1. The lowest BCUT2D eigenvalue weighted by molar-refractivity contribution is -0.124. The van der Waals surface area contributed by atoms with Crippen molar-refractivity contribution >= 4 is 22.9 Å². The molecule has 0 atom stereocenters. The van der Waals surface area contributed by atoms with E-state index in [4.69, 9.17) is 0 Å². The fourth-order valence-corrected chi connectivity index (χ4v) is 2.72.